The Morgan fingerprint density at radius 1 is 1.45 bits per heavy atom. The van der Waals surface area contributed by atoms with Crippen molar-refractivity contribution in [2.45, 2.75) is 13.8 Å². The number of rotatable bonds is 4. The third-order valence-electron chi connectivity index (χ3n) is 0.899. The maximum Gasteiger partial charge on any atom is 0.344 e. The smallest absolute Gasteiger partial charge is 0.344 e. The van der Waals surface area contributed by atoms with E-state index in [2.05, 4.69) is 9.99 Å². The summed E-state index contributed by atoms with van der Waals surface area (Å²) in [6, 6.07) is 0. The molecule has 0 heterocycles. The monoisotopic (exact) mass is 159 g/mol. The molecular weight excluding hydrogens is 150 g/mol. The molecule has 0 atom stereocenters. The van der Waals surface area contributed by atoms with E-state index in [1.165, 1.54) is 13.8 Å². The molecule has 0 aromatic carbocycles. The Balaban J connectivity index is 3.74. The quantitative estimate of drug-likeness (QED) is 0.464. The van der Waals surface area contributed by atoms with Crippen LogP contribution in [0.1, 0.15) is 13.8 Å². The zero-order chi connectivity index (χ0) is 8.85. The van der Waals surface area contributed by atoms with Crippen molar-refractivity contribution in [2.75, 3.05) is 6.61 Å². The van der Waals surface area contributed by atoms with Crippen LogP contribution in [0.5, 0.6) is 0 Å². The van der Waals surface area contributed by atoms with Crippen LogP contribution in [-0.2, 0) is 14.4 Å². The van der Waals surface area contributed by atoms with Gasteiger partial charge >= 0.3 is 5.97 Å². The number of carbonyl (C=O) groups is 2. The summed E-state index contributed by atoms with van der Waals surface area (Å²) in [5.41, 5.74) is 0.159. The van der Waals surface area contributed by atoms with Crippen molar-refractivity contribution in [1.82, 2.24) is 0 Å². The first-order valence-electron chi connectivity index (χ1n) is 2.93. The number of carboxylic acids is 1. The predicted octanol–water partition coefficient (Wildman–Crippen LogP) is 0.0525. The van der Waals surface area contributed by atoms with Gasteiger partial charge in [-0.25, -0.2) is 4.79 Å². The fraction of sp³-hybridized carbons (Fsp3) is 0.500. The lowest BCUT2D eigenvalue weighted by Crippen LogP contribution is -2.08. The number of oxime groups is 1. The summed E-state index contributed by atoms with van der Waals surface area (Å²) in [5, 5.41) is 11.3. The number of ketones is 1. The van der Waals surface area contributed by atoms with E-state index < -0.39 is 12.6 Å². The zero-order valence-corrected chi connectivity index (χ0v) is 6.33. The lowest BCUT2D eigenvalue weighted by atomic mass is 10.3. The minimum absolute atomic E-state index is 0.159. The van der Waals surface area contributed by atoms with E-state index >= 15 is 0 Å². The van der Waals surface area contributed by atoms with E-state index in [1.807, 2.05) is 0 Å². The van der Waals surface area contributed by atoms with Crippen molar-refractivity contribution >= 4 is 17.5 Å². The van der Waals surface area contributed by atoms with Crippen LogP contribution in [0, 0.1) is 0 Å². The second kappa shape index (κ2) is 4.43. The molecule has 5 nitrogen and oxygen atoms in total. The normalized spacial score (nSPS) is 10.9. The van der Waals surface area contributed by atoms with E-state index in [0.717, 1.165) is 0 Å². The summed E-state index contributed by atoms with van der Waals surface area (Å²) < 4.78 is 0. The number of nitrogens with zero attached hydrogens (tertiary/aromatic N) is 1. The summed E-state index contributed by atoms with van der Waals surface area (Å²) in [4.78, 5) is 24.6. The molecular formula is C6H9NO4. The molecule has 0 saturated heterocycles. The summed E-state index contributed by atoms with van der Waals surface area (Å²) in [5.74, 6) is -1.36. The highest BCUT2D eigenvalue weighted by atomic mass is 16.6. The first-order chi connectivity index (χ1) is 5.04. The van der Waals surface area contributed by atoms with Gasteiger partial charge in [-0.15, -0.1) is 0 Å². The maximum absolute atomic E-state index is 10.5. The zero-order valence-electron chi connectivity index (χ0n) is 6.33. The Bertz CT molecular complexity index is 197. The van der Waals surface area contributed by atoms with Crippen LogP contribution in [0.4, 0.5) is 0 Å². The Kier molecular flexibility index (Phi) is 3.87. The van der Waals surface area contributed by atoms with Crippen molar-refractivity contribution in [1.29, 1.82) is 0 Å². The molecule has 1 N–H and O–H groups in total. The van der Waals surface area contributed by atoms with Crippen molar-refractivity contribution < 1.29 is 19.5 Å². The fourth-order valence-electron chi connectivity index (χ4n) is 0.249. The SMILES string of the molecule is CC(=O)/C(C)=N/OCC(=O)O. The first-order valence-corrected chi connectivity index (χ1v) is 2.93. The van der Waals surface area contributed by atoms with E-state index in [4.69, 9.17) is 5.11 Å². The van der Waals surface area contributed by atoms with Crippen LogP contribution in [0.2, 0.25) is 0 Å². The van der Waals surface area contributed by atoms with Gasteiger partial charge in [-0.05, 0) is 6.92 Å². The topological polar surface area (TPSA) is 76.0 Å². The molecule has 0 aromatic rings. The van der Waals surface area contributed by atoms with Gasteiger partial charge in [0.2, 0.25) is 6.61 Å². The molecule has 0 saturated carbocycles. The Morgan fingerprint density at radius 3 is 2.36 bits per heavy atom. The molecule has 0 aliphatic heterocycles. The number of aliphatic carboxylic acids is 1. The Hall–Kier alpha value is -1.39. The number of hydrogen-bond donors (Lipinski definition) is 1. The number of carboxylic acid groups (broad SMARTS) is 1. The fourth-order valence-corrected chi connectivity index (χ4v) is 0.249. The molecule has 0 unspecified atom stereocenters. The van der Waals surface area contributed by atoms with Gasteiger partial charge in [0.1, 0.15) is 5.71 Å². The minimum Gasteiger partial charge on any atom is -0.479 e. The molecule has 0 rings (SSSR count). The number of carbonyl (C=O) groups excluding carboxylic acids is 1. The van der Waals surface area contributed by atoms with Crippen molar-refractivity contribution in [3.05, 3.63) is 0 Å². The highest BCUT2D eigenvalue weighted by Crippen LogP contribution is 1.82. The molecule has 0 aliphatic carbocycles. The molecule has 11 heavy (non-hydrogen) atoms. The van der Waals surface area contributed by atoms with Crippen LogP contribution >= 0.6 is 0 Å². The third-order valence-corrected chi connectivity index (χ3v) is 0.899. The average molecular weight is 159 g/mol. The van der Waals surface area contributed by atoms with Crippen LogP contribution in [0.3, 0.4) is 0 Å². The van der Waals surface area contributed by atoms with Crippen molar-refractivity contribution in [2.24, 2.45) is 5.16 Å². The van der Waals surface area contributed by atoms with Crippen LogP contribution in [0.25, 0.3) is 0 Å². The van der Waals surface area contributed by atoms with Crippen LogP contribution in [0.15, 0.2) is 5.16 Å². The molecule has 0 aromatic heterocycles. The molecule has 0 radical (unpaired) electrons. The molecule has 0 spiro atoms. The summed E-state index contributed by atoms with van der Waals surface area (Å²) >= 11 is 0. The second-order valence-corrected chi connectivity index (χ2v) is 1.90. The van der Waals surface area contributed by atoms with Crippen LogP contribution < -0.4 is 0 Å². The molecule has 0 amide bonds. The minimum atomic E-state index is -1.12. The second-order valence-electron chi connectivity index (χ2n) is 1.90. The number of Topliss-reactive ketones (excluding diaryl/α,β-unsaturated/α-hetero) is 1. The largest absolute Gasteiger partial charge is 0.479 e. The van der Waals surface area contributed by atoms with Gasteiger partial charge in [0.05, 0.1) is 0 Å². The summed E-state index contributed by atoms with van der Waals surface area (Å²) in [6.45, 7) is 2.25. The summed E-state index contributed by atoms with van der Waals surface area (Å²) in [7, 11) is 0. The molecule has 0 bridgehead atoms. The van der Waals surface area contributed by atoms with Gasteiger partial charge in [0.25, 0.3) is 0 Å². The van der Waals surface area contributed by atoms with Gasteiger partial charge in [0, 0.05) is 6.92 Å². The predicted molar refractivity (Wildman–Crippen MR) is 37.4 cm³/mol. The molecule has 0 fully saturated rings. The first kappa shape index (κ1) is 9.61. The highest BCUT2D eigenvalue weighted by Gasteiger charge is 1.99. The Morgan fingerprint density at radius 2 is 2.00 bits per heavy atom. The van der Waals surface area contributed by atoms with E-state index in [1.54, 1.807) is 0 Å². The molecule has 62 valence electrons. The van der Waals surface area contributed by atoms with E-state index in [0.29, 0.717) is 0 Å². The molecule has 5 heteroatoms. The van der Waals surface area contributed by atoms with Crippen molar-refractivity contribution in [3.63, 3.8) is 0 Å². The van der Waals surface area contributed by atoms with E-state index in [-0.39, 0.29) is 11.5 Å². The number of hydrogen-bond acceptors (Lipinski definition) is 4. The summed E-state index contributed by atoms with van der Waals surface area (Å²) in [6.07, 6.45) is 0. The van der Waals surface area contributed by atoms with Crippen LogP contribution in [-0.4, -0.2) is 29.2 Å². The highest BCUT2D eigenvalue weighted by molar-refractivity contribution is 6.37. The average Bonchev–Trinajstić information content (AvgIpc) is 1.86. The van der Waals surface area contributed by atoms with Gasteiger partial charge < -0.3 is 9.94 Å². The van der Waals surface area contributed by atoms with Gasteiger partial charge in [-0.2, -0.15) is 0 Å². The standard InChI is InChI=1S/C6H9NO4/c1-4(5(2)8)7-11-3-6(9)10/h3H2,1-2H3,(H,9,10)/b7-4+. The maximum atomic E-state index is 10.5. The Labute approximate surface area is 63.6 Å². The van der Waals surface area contributed by atoms with Gasteiger partial charge in [-0.1, -0.05) is 5.16 Å². The van der Waals surface area contributed by atoms with Gasteiger partial charge in [0.15, 0.2) is 5.78 Å². The van der Waals surface area contributed by atoms with E-state index in [9.17, 15) is 9.59 Å². The van der Waals surface area contributed by atoms with Gasteiger partial charge in [-0.3, -0.25) is 4.79 Å². The van der Waals surface area contributed by atoms with Crippen molar-refractivity contribution in [3.8, 4) is 0 Å². The lowest BCUT2D eigenvalue weighted by Gasteiger charge is -1.94. The third kappa shape index (κ3) is 5.07. The molecule has 0 aliphatic rings. The lowest BCUT2D eigenvalue weighted by molar-refractivity contribution is -0.142.